The maximum absolute atomic E-state index is 11.8. The van der Waals surface area contributed by atoms with Gasteiger partial charge in [0.2, 0.25) is 0 Å². The smallest absolute Gasteiger partial charge is 0.331 e. The minimum Gasteiger partial charge on any atom is -0.452 e. The van der Waals surface area contributed by atoms with Gasteiger partial charge >= 0.3 is 5.97 Å². The van der Waals surface area contributed by atoms with Crippen molar-refractivity contribution in [1.29, 1.82) is 0 Å². The molecule has 0 fully saturated rings. The highest BCUT2D eigenvalue weighted by Gasteiger charge is 2.08. The molecule has 2 rings (SSSR count). The van der Waals surface area contributed by atoms with Crippen LogP contribution in [-0.2, 0) is 14.3 Å². The van der Waals surface area contributed by atoms with Crippen LogP contribution in [0.25, 0.3) is 6.08 Å². The number of hydrogen-bond donors (Lipinski definition) is 1. The number of ether oxygens (including phenoxy) is 1. The first-order chi connectivity index (χ1) is 11.4. The van der Waals surface area contributed by atoms with E-state index in [4.69, 9.17) is 27.9 Å². The molecule has 0 aliphatic heterocycles. The van der Waals surface area contributed by atoms with Gasteiger partial charge in [0.05, 0.1) is 10.7 Å². The molecule has 4 nitrogen and oxygen atoms in total. The Balaban J connectivity index is 1.83. The van der Waals surface area contributed by atoms with E-state index in [1.807, 2.05) is 31.2 Å². The fourth-order valence-electron chi connectivity index (χ4n) is 1.90. The molecule has 0 heterocycles. The predicted octanol–water partition coefficient (Wildman–Crippen LogP) is 4.50. The number of aryl methyl sites for hydroxylation is 1. The molecule has 0 aromatic heterocycles. The van der Waals surface area contributed by atoms with E-state index >= 15 is 0 Å². The van der Waals surface area contributed by atoms with Crippen molar-refractivity contribution in [3.05, 3.63) is 69.7 Å². The van der Waals surface area contributed by atoms with Crippen molar-refractivity contribution >= 4 is 46.8 Å². The number of rotatable bonds is 5. The molecule has 1 amide bonds. The van der Waals surface area contributed by atoms with Crippen molar-refractivity contribution in [2.45, 2.75) is 6.92 Å². The van der Waals surface area contributed by atoms with Gasteiger partial charge in [-0.05, 0) is 36.8 Å². The van der Waals surface area contributed by atoms with Gasteiger partial charge in [-0.15, -0.1) is 0 Å². The number of anilines is 1. The van der Waals surface area contributed by atoms with Gasteiger partial charge in [-0.2, -0.15) is 0 Å². The molecule has 6 heteroatoms. The molecule has 0 spiro atoms. The first kappa shape index (κ1) is 18.0. The number of benzene rings is 2. The Morgan fingerprint density at radius 1 is 1.17 bits per heavy atom. The molecule has 0 bridgehead atoms. The van der Waals surface area contributed by atoms with Gasteiger partial charge in [0.15, 0.2) is 6.61 Å². The fraction of sp³-hybridized carbons (Fsp3) is 0.111. The SMILES string of the molecule is Cc1cccc(/C=C/C(=O)OCC(=O)Nc2ccc(Cl)cc2Cl)c1. The second kappa shape index (κ2) is 8.52. The number of carbonyl (C=O) groups is 2. The summed E-state index contributed by atoms with van der Waals surface area (Å²) < 4.78 is 4.88. The van der Waals surface area contributed by atoms with Crippen LogP contribution in [0.5, 0.6) is 0 Å². The van der Waals surface area contributed by atoms with E-state index in [9.17, 15) is 9.59 Å². The van der Waals surface area contributed by atoms with Gasteiger partial charge in [0, 0.05) is 11.1 Å². The topological polar surface area (TPSA) is 55.4 Å². The molecule has 124 valence electrons. The van der Waals surface area contributed by atoms with Gasteiger partial charge in [-0.1, -0.05) is 53.0 Å². The third-order valence-electron chi connectivity index (χ3n) is 3.00. The molecule has 0 aliphatic carbocycles. The Kier molecular flexibility index (Phi) is 6.41. The minimum absolute atomic E-state index is 0.307. The highest BCUT2D eigenvalue weighted by atomic mass is 35.5. The molecule has 0 atom stereocenters. The molecule has 0 radical (unpaired) electrons. The molecule has 0 aliphatic rings. The summed E-state index contributed by atoms with van der Waals surface area (Å²) >= 11 is 11.7. The van der Waals surface area contributed by atoms with Gasteiger partial charge < -0.3 is 10.1 Å². The van der Waals surface area contributed by atoms with E-state index in [0.717, 1.165) is 11.1 Å². The number of nitrogens with one attached hydrogen (secondary N) is 1. The summed E-state index contributed by atoms with van der Waals surface area (Å²) in [7, 11) is 0. The lowest BCUT2D eigenvalue weighted by atomic mass is 10.1. The molecule has 24 heavy (non-hydrogen) atoms. The van der Waals surface area contributed by atoms with Crippen molar-refractivity contribution in [2.24, 2.45) is 0 Å². The lowest BCUT2D eigenvalue weighted by Crippen LogP contribution is -2.20. The average Bonchev–Trinajstić information content (AvgIpc) is 2.54. The van der Waals surface area contributed by atoms with Crippen LogP contribution in [0.4, 0.5) is 5.69 Å². The number of halogens is 2. The monoisotopic (exact) mass is 363 g/mol. The van der Waals surface area contributed by atoms with Crippen molar-refractivity contribution in [3.8, 4) is 0 Å². The van der Waals surface area contributed by atoms with E-state index in [1.165, 1.54) is 12.1 Å². The summed E-state index contributed by atoms with van der Waals surface area (Å²) in [5.41, 5.74) is 2.37. The van der Waals surface area contributed by atoms with E-state index in [2.05, 4.69) is 5.32 Å². The maximum Gasteiger partial charge on any atom is 0.331 e. The molecule has 0 unspecified atom stereocenters. The van der Waals surface area contributed by atoms with Crippen LogP contribution in [0.15, 0.2) is 48.5 Å². The maximum atomic E-state index is 11.8. The molecule has 2 aromatic rings. The number of esters is 1. The summed E-state index contributed by atoms with van der Waals surface area (Å²) in [5, 5.41) is 3.31. The Labute approximate surface area is 150 Å². The van der Waals surface area contributed by atoms with Gasteiger partial charge in [0.1, 0.15) is 0 Å². The predicted molar refractivity (Wildman–Crippen MR) is 96.3 cm³/mol. The molecule has 2 aromatic carbocycles. The highest BCUT2D eigenvalue weighted by Crippen LogP contribution is 2.25. The number of hydrogen-bond acceptors (Lipinski definition) is 3. The Morgan fingerprint density at radius 3 is 2.67 bits per heavy atom. The van der Waals surface area contributed by atoms with E-state index in [1.54, 1.807) is 18.2 Å². The van der Waals surface area contributed by atoms with Gasteiger partial charge in [0.25, 0.3) is 5.91 Å². The van der Waals surface area contributed by atoms with Crippen LogP contribution in [0.3, 0.4) is 0 Å². The minimum atomic E-state index is -0.603. The van der Waals surface area contributed by atoms with Crippen LogP contribution in [0.1, 0.15) is 11.1 Å². The van der Waals surface area contributed by atoms with Gasteiger partial charge in [-0.3, -0.25) is 4.79 Å². The summed E-state index contributed by atoms with van der Waals surface area (Å²) in [4.78, 5) is 23.4. The normalized spacial score (nSPS) is 10.6. The first-order valence-electron chi connectivity index (χ1n) is 7.10. The third-order valence-corrected chi connectivity index (χ3v) is 3.55. The largest absolute Gasteiger partial charge is 0.452 e. The van der Waals surface area contributed by atoms with Crippen molar-refractivity contribution in [3.63, 3.8) is 0 Å². The van der Waals surface area contributed by atoms with Crippen molar-refractivity contribution in [2.75, 3.05) is 11.9 Å². The summed E-state index contributed by atoms with van der Waals surface area (Å²) in [6.45, 7) is 1.55. The van der Waals surface area contributed by atoms with Crippen LogP contribution >= 0.6 is 23.2 Å². The Hall–Kier alpha value is -2.30. The second-order valence-electron chi connectivity index (χ2n) is 5.03. The summed E-state index contributed by atoms with van der Waals surface area (Å²) in [5.74, 6) is -1.09. The quantitative estimate of drug-likeness (QED) is 0.628. The van der Waals surface area contributed by atoms with E-state index in [0.29, 0.717) is 15.7 Å². The summed E-state index contributed by atoms with van der Waals surface area (Å²) in [6, 6.07) is 12.3. The van der Waals surface area contributed by atoms with Crippen LogP contribution in [-0.4, -0.2) is 18.5 Å². The lowest BCUT2D eigenvalue weighted by molar-refractivity contribution is -0.142. The zero-order valence-corrected chi connectivity index (χ0v) is 14.4. The lowest BCUT2D eigenvalue weighted by Gasteiger charge is -2.07. The molecule has 0 saturated heterocycles. The van der Waals surface area contributed by atoms with E-state index in [-0.39, 0.29) is 0 Å². The highest BCUT2D eigenvalue weighted by molar-refractivity contribution is 6.36. The zero-order chi connectivity index (χ0) is 17.5. The Bertz CT molecular complexity index is 788. The molecule has 0 saturated carbocycles. The summed E-state index contributed by atoms with van der Waals surface area (Å²) in [6.07, 6.45) is 2.90. The van der Waals surface area contributed by atoms with E-state index < -0.39 is 18.5 Å². The van der Waals surface area contributed by atoms with Crippen LogP contribution in [0, 0.1) is 6.92 Å². The zero-order valence-electron chi connectivity index (χ0n) is 12.9. The van der Waals surface area contributed by atoms with Crippen molar-refractivity contribution < 1.29 is 14.3 Å². The third kappa shape index (κ3) is 5.72. The van der Waals surface area contributed by atoms with Gasteiger partial charge in [-0.25, -0.2) is 4.79 Å². The molecule has 1 N–H and O–H groups in total. The van der Waals surface area contributed by atoms with Crippen LogP contribution < -0.4 is 5.32 Å². The number of amides is 1. The fourth-order valence-corrected chi connectivity index (χ4v) is 2.36. The average molecular weight is 364 g/mol. The first-order valence-corrected chi connectivity index (χ1v) is 7.86. The Morgan fingerprint density at radius 2 is 1.96 bits per heavy atom. The second-order valence-corrected chi connectivity index (χ2v) is 5.87. The van der Waals surface area contributed by atoms with Crippen LogP contribution in [0.2, 0.25) is 10.0 Å². The van der Waals surface area contributed by atoms with Crippen molar-refractivity contribution in [1.82, 2.24) is 0 Å². The standard InChI is InChI=1S/C18H15Cl2NO3/c1-12-3-2-4-13(9-12)5-8-18(23)24-11-17(22)21-16-7-6-14(19)10-15(16)20/h2-10H,11H2,1H3,(H,21,22)/b8-5+. The molecular weight excluding hydrogens is 349 g/mol. The molecular formula is C18H15Cl2NO3. The number of carbonyl (C=O) groups excluding carboxylic acids is 2.